The Bertz CT molecular complexity index is 695. The van der Waals surface area contributed by atoms with E-state index in [9.17, 15) is 0 Å². The van der Waals surface area contributed by atoms with E-state index in [1.807, 2.05) is 0 Å². The maximum Gasteiger partial charge on any atom is 0.0456 e. The van der Waals surface area contributed by atoms with Crippen molar-refractivity contribution in [3.05, 3.63) is 60.3 Å². The van der Waals surface area contributed by atoms with Gasteiger partial charge in [-0.2, -0.15) is 0 Å². The average Bonchev–Trinajstić information content (AvgIpc) is 3.16. The first-order chi connectivity index (χ1) is 14.4. The molecule has 29 heavy (non-hydrogen) atoms. The van der Waals surface area contributed by atoms with Crippen LogP contribution in [0.15, 0.2) is 54.8 Å². The van der Waals surface area contributed by atoms with Gasteiger partial charge in [-0.25, -0.2) is 0 Å². The smallest absolute Gasteiger partial charge is 0.0456 e. The number of rotatable bonds is 17. The second-order valence-electron chi connectivity index (χ2n) is 8.09. The Morgan fingerprint density at radius 1 is 0.793 bits per heavy atom. The molecule has 0 saturated heterocycles. The van der Waals surface area contributed by atoms with Crippen molar-refractivity contribution < 1.29 is 0 Å². The number of nitrogens with one attached hydrogen (secondary N) is 2. The molecule has 2 aromatic rings. The Balaban J connectivity index is 1.35. The topological polar surface area (TPSA) is 27.8 Å². The summed E-state index contributed by atoms with van der Waals surface area (Å²) in [5, 5.41) is 4.97. The van der Waals surface area contributed by atoms with Crippen LogP contribution in [0.25, 0.3) is 10.9 Å². The Kier molecular flexibility index (Phi) is 13.0. The van der Waals surface area contributed by atoms with Crippen molar-refractivity contribution in [3.63, 3.8) is 0 Å². The second-order valence-corrected chi connectivity index (χ2v) is 8.09. The first kappa shape index (κ1) is 23.5. The lowest BCUT2D eigenvalue weighted by Gasteiger charge is -2.04. The molecule has 1 heterocycles. The average molecular weight is 395 g/mol. The van der Waals surface area contributed by atoms with E-state index >= 15 is 0 Å². The van der Waals surface area contributed by atoms with E-state index in [4.69, 9.17) is 0 Å². The first-order valence-electron chi connectivity index (χ1n) is 12.0. The van der Waals surface area contributed by atoms with Gasteiger partial charge in [0.2, 0.25) is 0 Å². The quantitative estimate of drug-likeness (QED) is 0.208. The monoisotopic (exact) mass is 394 g/mol. The fourth-order valence-electron chi connectivity index (χ4n) is 3.75. The van der Waals surface area contributed by atoms with Crippen LogP contribution in [0.1, 0.15) is 83.1 Å². The summed E-state index contributed by atoms with van der Waals surface area (Å²) in [5.74, 6) is 0. The van der Waals surface area contributed by atoms with Gasteiger partial charge in [-0.1, -0.05) is 81.5 Å². The van der Waals surface area contributed by atoms with E-state index in [2.05, 4.69) is 72.0 Å². The van der Waals surface area contributed by atoms with Gasteiger partial charge in [0, 0.05) is 17.1 Å². The molecule has 2 rings (SSSR count). The normalized spacial score (nSPS) is 12.0. The van der Waals surface area contributed by atoms with Crippen LogP contribution in [0.2, 0.25) is 0 Å². The van der Waals surface area contributed by atoms with Crippen LogP contribution in [0, 0.1) is 0 Å². The molecule has 2 heteroatoms. The second kappa shape index (κ2) is 16.0. The third kappa shape index (κ3) is 10.5. The molecular weight excluding hydrogens is 352 g/mol. The summed E-state index contributed by atoms with van der Waals surface area (Å²) in [6.45, 7) is 4.48. The summed E-state index contributed by atoms with van der Waals surface area (Å²) in [7, 11) is 0. The largest absolute Gasteiger partial charge is 0.361 e. The molecule has 1 aromatic carbocycles. The van der Waals surface area contributed by atoms with Crippen LogP contribution in [0.3, 0.4) is 0 Å². The molecule has 0 amide bonds. The van der Waals surface area contributed by atoms with Gasteiger partial charge in [-0.05, 0) is 69.7 Å². The van der Waals surface area contributed by atoms with Crippen molar-refractivity contribution >= 4 is 10.9 Å². The van der Waals surface area contributed by atoms with E-state index in [0.717, 1.165) is 25.9 Å². The molecule has 0 radical (unpaired) electrons. The standard InChI is InChI=1S/C27H42N2/c1-2-3-4-5-6-7-8-9-10-11-12-13-14-15-18-22-28-23-21-25-24-29-27-20-17-16-19-26(25)27/h6-7,9-10,16-17,19-20,24,28-29H,2-5,8,11-15,18,21-23H2,1H3/b7-6+,10-9+. The van der Waals surface area contributed by atoms with Crippen LogP contribution >= 0.6 is 0 Å². The van der Waals surface area contributed by atoms with E-state index in [-0.39, 0.29) is 0 Å². The molecule has 2 nitrogen and oxygen atoms in total. The first-order valence-corrected chi connectivity index (χ1v) is 12.0. The van der Waals surface area contributed by atoms with Crippen LogP contribution in [0.4, 0.5) is 0 Å². The molecule has 0 aliphatic heterocycles. The number of hydrogen-bond acceptors (Lipinski definition) is 1. The number of unbranched alkanes of at least 4 members (excludes halogenated alkanes) is 8. The molecule has 0 aliphatic carbocycles. The highest BCUT2D eigenvalue weighted by Crippen LogP contribution is 2.17. The molecular formula is C27H42N2. The number of hydrogen-bond donors (Lipinski definition) is 2. The number of aromatic nitrogens is 1. The Morgan fingerprint density at radius 2 is 1.52 bits per heavy atom. The lowest BCUT2D eigenvalue weighted by Crippen LogP contribution is -2.18. The number of allylic oxidation sites excluding steroid dienone is 4. The van der Waals surface area contributed by atoms with Gasteiger partial charge in [-0.3, -0.25) is 0 Å². The van der Waals surface area contributed by atoms with E-state index in [1.165, 1.54) is 80.7 Å². The fourth-order valence-corrected chi connectivity index (χ4v) is 3.75. The van der Waals surface area contributed by atoms with Gasteiger partial charge >= 0.3 is 0 Å². The summed E-state index contributed by atoms with van der Waals surface area (Å²) in [6, 6.07) is 8.57. The predicted octanol–water partition coefficient (Wildman–Crippen LogP) is 7.72. The minimum absolute atomic E-state index is 1.07. The third-order valence-corrected chi connectivity index (χ3v) is 5.55. The molecule has 0 spiro atoms. The zero-order valence-corrected chi connectivity index (χ0v) is 18.6. The lowest BCUT2D eigenvalue weighted by molar-refractivity contribution is 0.578. The summed E-state index contributed by atoms with van der Waals surface area (Å²) < 4.78 is 0. The number of fused-ring (bicyclic) bond motifs is 1. The molecule has 160 valence electrons. The van der Waals surface area contributed by atoms with Crippen molar-refractivity contribution in [2.75, 3.05) is 13.1 Å². The molecule has 0 saturated carbocycles. The number of aromatic amines is 1. The lowest BCUT2D eigenvalue weighted by atomic mass is 10.1. The third-order valence-electron chi connectivity index (χ3n) is 5.55. The number of para-hydroxylation sites is 1. The van der Waals surface area contributed by atoms with Crippen molar-refractivity contribution in [2.45, 2.75) is 84.0 Å². The van der Waals surface area contributed by atoms with Gasteiger partial charge in [0.25, 0.3) is 0 Å². The summed E-state index contributed by atoms with van der Waals surface area (Å²) in [4.78, 5) is 3.36. The summed E-state index contributed by atoms with van der Waals surface area (Å²) >= 11 is 0. The molecule has 0 fully saturated rings. The summed E-state index contributed by atoms with van der Waals surface area (Å²) in [5.41, 5.74) is 2.67. The van der Waals surface area contributed by atoms with E-state index < -0.39 is 0 Å². The van der Waals surface area contributed by atoms with Crippen LogP contribution in [-0.4, -0.2) is 18.1 Å². The zero-order valence-electron chi connectivity index (χ0n) is 18.6. The minimum Gasteiger partial charge on any atom is -0.361 e. The molecule has 0 aliphatic rings. The maximum atomic E-state index is 3.60. The van der Waals surface area contributed by atoms with Crippen molar-refractivity contribution in [3.8, 4) is 0 Å². The van der Waals surface area contributed by atoms with Crippen molar-refractivity contribution in [1.29, 1.82) is 0 Å². The zero-order chi connectivity index (χ0) is 20.4. The SMILES string of the molecule is CCCCC/C=C/C/C=C/CCCCCCCNCCc1c[nH]c2ccccc12. The molecule has 0 bridgehead atoms. The Hall–Kier alpha value is -1.80. The summed E-state index contributed by atoms with van der Waals surface area (Å²) in [6.07, 6.45) is 27.0. The van der Waals surface area contributed by atoms with E-state index in [0.29, 0.717) is 0 Å². The highest BCUT2D eigenvalue weighted by molar-refractivity contribution is 5.83. The van der Waals surface area contributed by atoms with Gasteiger partial charge in [0.1, 0.15) is 0 Å². The minimum atomic E-state index is 1.07. The van der Waals surface area contributed by atoms with Crippen molar-refractivity contribution in [2.24, 2.45) is 0 Å². The highest BCUT2D eigenvalue weighted by Gasteiger charge is 2.01. The number of H-pyrrole nitrogens is 1. The highest BCUT2D eigenvalue weighted by atomic mass is 14.8. The number of benzene rings is 1. The fraction of sp³-hybridized carbons (Fsp3) is 0.556. The molecule has 0 unspecified atom stereocenters. The van der Waals surface area contributed by atoms with E-state index in [1.54, 1.807) is 0 Å². The maximum absolute atomic E-state index is 3.60. The molecule has 0 atom stereocenters. The van der Waals surface area contributed by atoms with Crippen LogP contribution < -0.4 is 5.32 Å². The van der Waals surface area contributed by atoms with Crippen LogP contribution in [-0.2, 0) is 6.42 Å². The molecule has 1 aromatic heterocycles. The predicted molar refractivity (Wildman–Crippen MR) is 130 cm³/mol. The van der Waals surface area contributed by atoms with Crippen molar-refractivity contribution in [1.82, 2.24) is 10.3 Å². The van der Waals surface area contributed by atoms with Gasteiger partial charge in [0.15, 0.2) is 0 Å². The van der Waals surface area contributed by atoms with Gasteiger partial charge < -0.3 is 10.3 Å². The Labute approximate surface area is 178 Å². The van der Waals surface area contributed by atoms with Gasteiger partial charge in [0.05, 0.1) is 0 Å². The molecule has 2 N–H and O–H groups in total. The van der Waals surface area contributed by atoms with Crippen LogP contribution in [0.5, 0.6) is 0 Å². The van der Waals surface area contributed by atoms with Gasteiger partial charge in [-0.15, -0.1) is 0 Å². The Morgan fingerprint density at radius 3 is 2.34 bits per heavy atom.